The molecule has 0 saturated carbocycles. The molecule has 0 aromatic carbocycles. The molecule has 0 radical (unpaired) electrons. The van der Waals surface area contributed by atoms with Gasteiger partial charge in [0.1, 0.15) is 0 Å². The lowest BCUT2D eigenvalue weighted by Crippen LogP contribution is -2.07. The van der Waals surface area contributed by atoms with Gasteiger partial charge in [-0.25, -0.2) is 0 Å². The van der Waals surface area contributed by atoms with E-state index in [1.165, 1.54) is 11.8 Å². The Labute approximate surface area is 50.5 Å². The molecule has 0 aliphatic carbocycles. The highest BCUT2D eigenvalue weighted by Crippen LogP contribution is 2.20. The summed E-state index contributed by atoms with van der Waals surface area (Å²) in [4.78, 5) is 0. The van der Waals surface area contributed by atoms with E-state index < -0.39 is 12.6 Å². The van der Waals surface area contributed by atoms with E-state index in [1.54, 1.807) is 6.26 Å². The Morgan fingerprint density at radius 1 is 1.38 bits per heavy atom. The quantitative estimate of drug-likeness (QED) is 0.573. The van der Waals surface area contributed by atoms with Crippen molar-refractivity contribution in [1.82, 2.24) is 0 Å². The molecule has 0 saturated heterocycles. The molecule has 0 fully saturated rings. The van der Waals surface area contributed by atoms with Crippen LogP contribution in [0.15, 0.2) is 0 Å². The van der Waals surface area contributed by atoms with Crippen molar-refractivity contribution in [3.8, 4) is 0 Å². The van der Waals surface area contributed by atoms with Crippen molar-refractivity contribution < 1.29 is 13.2 Å². The van der Waals surface area contributed by atoms with Gasteiger partial charge in [-0.05, 0) is 6.26 Å². The van der Waals surface area contributed by atoms with Crippen LogP contribution in [0.5, 0.6) is 0 Å². The van der Waals surface area contributed by atoms with Gasteiger partial charge in [-0.3, -0.25) is 0 Å². The van der Waals surface area contributed by atoms with Crippen molar-refractivity contribution in [2.24, 2.45) is 0 Å². The van der Waals surface area contributed by atoms with Crippen LogP contribution in [0.3, 0.4) is 0 Å². The minimum absolute atomic E-state index is 0.170. The molecule has 0 aromatic rings. The summed E-state index contributed by atoms with van der Waals surface area (Å²) in [6, 6.07) is 0. The zero-order chi connectivity index (χ0) is 6.62. The highest BCUT2D eigenvalue weighted by molar-refractivity contribution is 7.98. The van der Waals surface area contributed by atoms with Crippen LogP contribution in [0.1, 0.15) is 6.42 Å². The number of thioether (sulfide) groups is 1. The maximum atomic E-state index is 11.2. The van der Waals surface area contributed by atoms with Crippen LogP contribution in [0.2, 0.25) is 0 Å². The Kier molecular flexibility index (Phi) is 3.28. The van der Waals surface area contributed by atoms with Gasteiger partial charge in [0.05, 0.1) is 6.42 Å². The van der Waals surface area contributed by atoms with E-state index in [4.69, 9.17) is 0 Å². The first-order valence-electron chi connectivity index (χ1n) is 2.12. The predicted molar refractivity (Wildman–Crippen MR) is 29.1 cm³/mol. The van der Waals surface area contributed by atoms with Gasteiger partial charge in [-0.15, -0.1) is 0 Å². The molecule has 0 aliphatic heterocycles. The summed E-state index contributed by atoms with van der Waals surface area (Å²) in [6.07, 6.45) is -2.98. The fraction of sp³-hybridized carbons (Fsp3) is 1.00. The average Bonchev–Trinajstić information content (AvgIpc) is 1.59. The van der Waals surface area contributed by atoms with Crippen molar-refractivity contribution in [2.45, 2.75) is 12.6 Å². The number of hydrogen-bond acceptors (Lipinski definition) is 1. The second-order valence-corrected chi connectivity index (χ2v) is 2.34. The highest BCUT2D eigenvalue weighted by atomic mass is 32.2. The molecule has 4 heteroatoms. The largest absolute Gasteiger partial charge is 0.389 e. The van der Waals surface area contributed by atoms with Crippen LogP contribution in [0.4, 0.5) is 13.2 Å². The molecule has 0 N–H and O–H groups in total. The van der Waals surface area contributed by atoms with Crippen LogP contribution in [0.25, 0.3) is 0 Å². The molecular weight excluding hydrogens is 137 g/mol. The van der Waals surface area contributed by atoms with Gasteiger partial charge < -0.3 is 0 Å². The van der Waals surface area contributed by atoms with E-state index in [1.807, 2.05) is 0 Å². The third kappa shape index (κ3) is 6.14. The zero-order valence-corrected chi connectivity index (χ0v) is 5.27. The first-order valence-corrected chi connectivity index (χ1v) is 3.51. The standard InChI is InChI=1S/C4H7F3S/c1-8-3-2-4(5,6)7/h2-3H2,1H3. The van der Waals surface area contributed by atoms with E-state index >= 15 is 0 Å². The first-order chi connectivity index (χ1) is 3.56. The number of alkyl halides is 3. The third-order valence-electron chi connectivity index (χ3n) is 0.590. The molecule has 0 spiro atoms. The lowest BCUT2D eigenvalue weighted by atomic mass is 10.5. The molecule has 0 rings (SSSR count). The van der Waals surface area contributed by atoms with Crippen LogP contribution < -0.4 is 0 Å². The van der Waals surface area contributed by atoms with Crippen LogP contribution in [-0.4, -0.2) is 18.2 Å². The second-order valence-electron chi connectivity index (χ2n) is 1.36. The maximum absolute atomic E-state index is 11.2. The second kappa shape index (κ2) is 3.22. The Balaban J connectivity index is 3.11. The highest BCUT2D eigenvalue weighted by Gasteiger charge is 2.25. The molecule has 0 amide bonds. The molecule has 0 atom stereocenters. The summed E-state index contributed by atoms with van der Waals surface area (Å²) in [5.41, 5.74) is 0. The lowest BCUT2D eigenvalue weighted by molar-refractivity contribution is -0.129. The summed E-state index contributed by atoms with van der Waals surface area (Å²) in [7, 11) is 0. The monoisotopic (exact) mass is 144 g/mol. The minimum atomic E-state index is -3.97. The van der Waals surface area contributed by atoms with Crippen molar-refractivity contribution in [3.63, 3.8) is 0 Å². The van der Waals surface area contributed by atoms with Crippen LogP contribution in [-0.2, 0) is 0 Å². The molecule has 8 heavy (non-hydrogen) atoms. The van der Waals surface area contributed by atoms with Gasteiger partial charge in [0, 0.05) is 5.75 Å². The number of halogens is 3. The molecule has 0 unspecified atom stereocenters. The van der Waals surface area contributed by atoms with Gasteiger partial charge >= 0.3 is 6.18 Å². The normalized spacial score (nSPS) is 12.0. The Hall–Kier alpha value is 0.140. The van der Waals surface area contributed by atoms with Crippen LogP contribution in [0, 0.1) is 0 Å². The van der Waals surface area contributed by atoms with Gasteiger partial charge in [0.2, 0.25) is 0 Å². The van der Waals surface area contributed by atoms with E-state index in [9.17, 15) is 13.2 Å². The van der Waals surface area contributed by atoms with Gasteiger partial charge in [-0.2, -0.15) is 24.9 Å². The number of hydrogen-bond donors (Lipinski definition) is 0. The van der Waals surface area contributed by atoms with Gasteiger partial charge in [-0.1, -0.05) is 0 Å². The first kappa shape index (κ1) is 8.14. The summed E-state index contributed by atoms with van der Waals surface area (Å²) in [6.45, 7) is 0. The van der Waals surface area contributed by atoms with Crippen LogP contribution >= 0.6 is 11.8 Å². The summed E-state index contributed by atoms with van der Waals surface area (Å²) >= 11 is 1.21. The summed E-state index contributed by atoms with van der Waals surface area (Å²) in [5, 5.41) is 0. The molecule has 0 aliphatic rings. The van der Waals surface area contributed by atoms with Crippen molar-refractivity contribution in [2.75, 3.05) is 12.0 Å². The van der Waals surface area contributed by atoms with Gasteiger partial charge in [0.25, 0.3) is 0 Å². The summed E-state index contributed by atoms with van der Waals surface area (Å²) in [5.74, 6) is 0.170. The molecular formula is C4H7F3S. The SMILES string of the molecule is CSCCC(F)(F)F. The molecule has 0 nitrogen and oxygen atoms in total. The fourth-order valence-corrected chi connectivity index (χ4v) is 0.653. The van der Waals surface area contributed by atoms with Crippen molar-refractivity contribution >= 4 is 11.8 Å². The maximum Gasteiger partial charge on any atom is 0.389 e. The third-order valence-corrected chi connectivity index (χ3v) is 1.20. The van der Waals surface area contributed by atoms with Crippen molar-refractivity contribution in [1.29, 1.82) is 0 Å². The fourth-order valence-electron chi connectivity index (χ4n) is 0.218. The number of rotatable bonds is 2. The minimum Gasteiger partial charge on any atom is -0.171 e. The average molecular weight is 144 g/mol. The molecule has 0 bridgehead atoms. The Morgan fingerprint density at radius 2 is 1.88 bits per heavy atom. The van der Waals surface area contributed by atoms with E-state index in [0.717, 1.165) is 0 Å². The smallest absolute Gasteiger partial charge is 0.171 e. The van der Waals surface area contributed by atoms with E-state index in [0.29, 0.717) is 0 Å². The topological polar surface area (TPSA) is 0 Å². The Morgan fingerprint density at radius 3 is 2.00 bits per heavy atom. The lowest BCUT2D eigenvalue weighted by Gasteiger charge is -2.01. The van der Waals surface area contributed by atoms with E-state index in [-0.39, 0.29) is 5.75 Å². The Bertz CT molecular complexity index is 58.8. The summed E-state index contributed by atoms with van der Waals surface area (Å²) < 4.78 is 33.7. The van der Waals surface area contributed by atoms with Crippen molar-refractivity contribution in [3.05, 3.63) is 0 Å². The molecule has 0 aromatic heterocycles. The molecule has 50 valence electrons. The zero-order valence-electron chi connectivity index (χ0n) is 4.46. The van der Waals surface area contributed by atoms with E-state index in [2.05, 4.69) is 0 Å². The molecule has 0 heterocycles. The predicted octanol–water partition coefficient (Wildman–Crippen LogP) is 2.30. The van der Waals surface area contributed by atoms with Gasteiger partial charge in [0.15, 0.2) is 0 Å².